The molecule has 4 heteroatoms. The fraction of sp³-hybridized carbons (Fsp3) is 0.143. The van der Waals surface area contributed by atoms with Gasteiger partial charge in [-0.05, 0) is 34.0 Å². The van der Waals surface area contributed by atoms with E-state index in [9.17, 15) is 4.79 Å². The summed E-state index contributed by atoms with van der Waals surface area (Å²) in [6, 6.07) is 22.0. The Morgan fingerprint density at radius 3 is 2.52 bits per heavy atom. The molecule has 0 bridgehead atoms. The number of benzene rings is 3. The lowest BCUT2D eigenvalue weighted by molar-refractivity contribution is -0.130. The van der Waals surface area contributed by atoms with Crippen LogP contribution in [0.3, 0.4) is 0 Å². The summed E-state index contributed by atoms with van der Waals surface area (Å²) in [7, 11) is 0. The highest BCUT2D eigenvalue weighted by Gasteiger charge is 2.32. The summed E-state index contributed by atoms with van der Waals surface area (Å²) in [5, 5.41) is 9.17. The monoisotopic (exact) mass is 348 g/mol. The Hall–Kier alpha value is -2.65. The molecule has 1 aliphatic heterocycles. The molecule has 1 aliphatic rings. The molecule has 0 aliphatic carbocycles. The van der Waals surface area contributed by atoms with Crippen molar-refractivity contribution in [1.29, 1.82) is 0 Å². The van der Waals surface area contributed by atoms with Gasteiger partial charge >= 0.3 is 0 Å². The number of hydrogen-bond acceptors (Lipinski definition) is 2. The fourth-order valence-corrected chi connectivity index (χ4v) is 3.59. The number of nitrogens with zero attached hydrogens (tertiary/aromatic N) is 2. The van der Waals surface area contributed by atoms with Crippen molar-refractivity contribution < 1.29 is 4.79 Å². The minimum atomic E-state index is -0.160. The van der Waals surface area contributed by atoms with Gasteiger partial charge in [-0.25, -0.2) is 5.01 Å². The Bertz CT molecular complexity index is 996. The first-order valence-electron chi connectivity index (χ1n) is 8.24. The normalized spacial score (nSPS) is 17.0. The summed E-state index contributed by atoms with van der Waals surface area (Å²) >= 11 is 6.36. The number of hydrogen-bond donors (Lipinski definition) is 0. The van der Waals surface area contributed by atoms with Crippen molar-refractivity contribution in [2.75, 3.05) is 0 Å². The molecule has 3 aromatic rings. The largest absolute Gasteiger partial charge is 0.273 e. The molecule has 0 spiro atoms. The lowest BCUT2D eigenvalue weighted by atomic mass is 9.97. The van der Waals surface area contributed by atoms with Crippen molar-refractivity contribution in [3.05, 3.63) is 82.9 Å². The van der Waals surface area contributed by atoms with E-state index in [1.54, 1.807) is 5.01 Å². The van der Waals surface area contributed by atoms with Gasteiger partial charge in [-0.2, -0.15) is 5.10 Å². The van der Waals surface area contributed by atoms with E-state index in [1.165, 1.54) is 17.7 Å². The van der Waals surface area contributed by atoms with Crippen molar-refractivity contribution in [3.63, 3.8) is 0 Å². The Morgan fingerprint density at radius 1 is 1.04 bits per heavy atom. The maximum atomic E-state index is 12.1. The molecular weight excluding hydrogens is 332 g/mol. The third-order valence-electron chi connectivity index (χ3n) is 4.58. The van der Waals surface area contributed by atoms with Crippen LogP contribution in [0, 0.1) is 0 Å². The third-order valence-corrected chi connectivity index (χ3v) is 4.92. The lowest BCUT2D eigenvalue weighted by Crippen LogP contribution is -2.24. The number of carbonyl (C=O) groups excluding carboxylic acids is 1. The molecule has 0 saturated heterocycles. The minimum absolute atomic E-state index is 0.0827. The van der Waals surface area contributed by atoms with Crippen molar-refractivity contribution in [2.24, 2.45) is 5.10 Å². The van der Waals surface area contributed by atoms with E-state index in [2.05, 4.69) is 35.4 Å². The van der Waals surface area contributed by atoms with Gasteiger partial charge in [-0.3, -0.25) is 4.79 Å². The molecule has 1 atom stereocenters. The molecule has 1 amide bonds. The topological polar surface area (TPSA) is 32.7 Å². The predicted molar refractivity (Wildman–Crippen MR) is 102 cm³/mol. The highest BCUT2D eigenvalue weighted by molar-refractivity contribution is 6.31. The van der Waals surface area contributed by atoms with E-state index in [4.69, 9.17) is 11.6 Å². The molecule has 4 rings (SSSR count). The van der Waals surface area contributed by atoms with E-state index in [0.29, 0.717) is 11.4 Å². The SMILES string of the molecule is CC(=O)N1N=C(c2ccc3ccccc3c2)C[C@H]1c1ccccc1Cl. The summed E-state index contributed by atoms with van der Waals surface area (Å²) in [5.74, 6) is -0.0827. The molecule has 0 fully saturated rings. The molecule has 0 aromatic heterocycles. The summed E-state index contributed by atoms with van der Waals surface area (Å²) in [6.45, 7) is 1.54. The van der Waals surface area contributed by atoms with Gasteiger partial charge in [0.05, 0.1) is 11.8 Å². The predicted octanol–water partition coefficient (Wildman–Crippen LogP) is 5.19. The first-order valence-corrected chi connectivity index (χ1v) is 8.62. The Kier molecular flexibility index (Phi) is 4.02. The minimum Gasteiger partial charge on any atom is -0.273 e. The molecule has 0 saturated carbocycles. The lowest BCUT2D eigenvalue weighted by Gasteiger charge is -2.21. The summed E-state index contributed by atoms with van der Waals surface area (Å²) in [6.07, 6.45) is 0.654. The molecular formula is C21H17ClN2O. The standard InChI is InChI=1S/C21H17ClN2O/c1-14(25)24-21(18-8-4-5-9-19(18)22)13-20(23-24)17-11-10-15-6-2-3-7-16(15)12-17/h2-12,21H,13H2,1H3/t21-/m0/s1. The quantitative estimate of drug-likeness (QED) is 0.627. The van der Waals surface area contributed by atoms with Gasteiger partial charge in [0.15, 0.2) is 0 Å². The van der Waals surface area contributed by atoms with Crippen LogP contribution in [-0.4, -0.2) is 16.6 Å². The van der Waals surface area contributed by atoms with Crippen molar-refractivity contribution in [3.8, 4) is 0 Å². The molecule has 124 valence electrons. The average Bonchev–Trinajstić information content (AvgIpc) is 3.07. The van der Waals surface area contributed by atoms with Crippen LogP contribution < -0.4 is 0 Å². The molecule has 3 aromatic carbocycles. The van der Waals surface area contributed by atoms with E-state index >= 15 is 0 Å². The zero-order chi connectivity index (χ0) is 17.4. The van der Waals surface area contributed by atoms with E-state index in [1.807, 2.05) is 36.4 Å². The van der Waals surface area contributed by atoms with Crippen LogP contribution >= 0.6 is 11.6 Å². The van der Waals surface area contributed by atoms with E-state index in [0.717, 1.165) is 16.8 Å². The van der Waals surface area contributed by atoms with Gasteiger partial charge in [0, 0.05) is 18.4 Å². The first-order chi connectivity index (χ1) is 12.1. The van der Waals surface area contributed by atoms with Crippen molar-refractivity contribution >= 4 is 34.0 Å². The molecule has 1 heterocycles. The summed E-state index contributed by atoms with van der Waals surface area (Å²) in [5.41, 5.74) is 2.88. The Labute approximate surface area is 151 Å². The van der Waals surface area contributed by atoms with Crippen LogP contribution in [-0.2, 0) is 4.79 Å². The van der Waals surface area contributed by atoms with Crippen LogP contribution in [0.1, 0.15) is 30.5 Å². The van der Waals surface area contributed by atoms with Crippen molar-refractivity contribution in [2.45, 2.75) is 19.4 Å². The van der Waals surface area contributed by atoms with Crippen molar-refractivity contribution in [1.82, 2.24) is 5.01 Å². The Balaban J connectivity index is 1.74. The molecule has 25 heavy (non-hydrogen) atoms. The number of amides is 1. The van der Waals surface area contributed by atoms with Crippen LogP contribution in [0.15, 0.2) is 71.8 Å². The van der Waals surface area contributed by atoms with Crippen LogP contribution in [0.5, 0.6) is 0 Å². The zero-order valence-corrected chi connectivity index (χ0v) is 14.6. The highest BCUT2D eigenvalue weighted by atomic mass is 35.5. The maximum absolute atomic E-state index is 12.1. The summed E-state index contributed by atoms with van der Waals surface area (Å²) < 4.78 is 0. The van der Waals surface area contributed by atoms with Gasteiger partial charge in [-0.1, -0.05) is 66.2 Å². The zero-order valence-electron chi connectivity index (χ0n) is 13.8. The van der Waals surface area contributed by atoms with Gasteiger partial charge in [0.1, 0.15) is 0 Å². The number of halogens is 1. The van der Waals surface area contributed by atoms with Gasteiger partial charge < -0.3 is 0 Å². The number of fused-ring (bicyclic) bond motifs is 1. The van der Waals surface area contributed by atoms with E-state index < -0.39 is 0 Å². The molecule has 0 radical (unpaired) electrons. The third kappa shape index (κ3) is 2.92. The number of hydrazone groups is 1. The number of carbonyl (C=O) groups is 1. The first kappa shape index (κ1) is 15.9. The van der Waals surface area contributed by atoms with Gasteiger partial charge in [0.25, 0.3) is 0 Å². The second-order valence-corrected chi connectivity index (χ2v) is 6.62. The average molecular weight is 349 g/mol. The summed E-state index contributed by atoms with van der Waals surface area (Å²) in [4.78, 5) is 12.1. The van der Waals surface area contributed by atoms with Gasteiger partial charge in [0.2, 0.25) is 5.91 Å². The second-order valence-electron chi connectivity index (χ2n) is 6.21. The van der Waals surface area contributed by atoms with Gasteiger partial charge in [-0.15, -0.1) is 0 Å². The molecule has 3 nitrogen and oxygen atoms in total. The molecule has 0 unspecified atom stereocenters. The van der Waals surface area contributed by atoms with Crippen LogP contribution in [0.25, 0.3) is 10.8 Å². The van der Waals surface area contributed by atoms with Crippen LogP contribution in [0.2, 0.25) is 5.02 Å². The second kappa shape index (κ2) is 6.34. The van der Waals surface area contributed by atoms with Crippen LogP contribution in [0.4, 0.5) is 0 Å². The van der Waals surface area contributed by atoms with E-state index in [-0.39, 0.29) is 11.9 Å². The Morgan fingerprint density at radius 2 is 1.76 bits per heavy atom. The fourth-order valence-electron chi connectivity index (χ4n) is 3.33. The smallest absolute Gasteiger partial charge is 0.240 e. The maximum Gasteiger partial charge on any atom is 0.240 e. The molecule has 0 N–H and O–H groups in total. The highest BCUT2D eigenvalue weighted by Crippen LogP contribution is 2.36. The number of rotatable bonds is 2.